The van der Waals surface area contributed by atoms with Crippen LogP contribution >= 0.6 is 0 Å². The lowest BCUT2D eigenvalue weighted by atomic mass is 10.1. The van der Waals surface area contributed by atoms with Gasteiger partial charge in [0.1, 0.15) is 5.82 Å². The maximum Gasteiger partial charge on any atom is 0.231 e. The molecule has 0 unspecified atom stereocenters. The Hall–Kier alpha value is -1.97. The fourth-order valence-electron chi connectivity index (χ4n) is 1.63. The lowest BCUT2D eigenvalue weighted by Crippen LogP contribution is -1.92. The van der Waals surface area contributed by atoms with E-state index in [-0.39, 0.29) is 0 Å². The van der Waals surface area contributed by atoms with Crippen molar-refractivity contribution in [2.45, 2.75) is 6.92 Å². The van der Waals surface area contributed by atoms with Crippen molar-refractivity contribution >= 4 is 0 Å². The number of H-pyrrole nitrogens is 1. The highest BCUT2D eigenvalue weighted by molar-refractivity contribution is 5.63. The van der Waals surface area contributed by atoms with Crippen molar-refractivity contribution in [3.05, 3.63) is 30.2 Å². The summed E-state index contributed by atoms with van der Waals surface area (Å²) < 4.78 is 10.6. The number of fused-ring (bicyclic) bond motifs is 1. The third-order valence-corrected chi connectivity index (χ3v) is 2.39. The molecule has 2 aromatic rings. The molecule has 0 fully saturated rings. The first-order valence-electron chi connectivity index (χ1n) is 4.74. The Labute approximate surface area is 86.9 Å². The van der Waals surface area contributed by atoms with E-state index in [1.54, 1.807) is 0 Å². The van der Waals surface area contributed by atoms with Crippen LogP contribution in [0.1, 0.15) is 5.82 Å². The smallest absolute Gasteiger partial charge is 0.231 e. The van der Waals surface area contributed by atoms with Crippen LogP contribution in [0.25, 0.3) is 11.3 Å². The van der Waals surface area contributed by atoms with E-state index < -0.39 is 0 Å². The van der Waals surface area contributed by atoms with Crippen molar-refractivity contribution in [2.24, 2.45) is 0 Å². The summed E-state index contributed by atoms with van der Waals surface area (Å²) in [6, 6.07) is 5.85. The number of aryl methyl sites for hydroxylation is 1. The number of hydrogen-bond acceptors (Lipinski definition) is 3. The summed E-state index contributed by atoms with van der Waals surface area (Å²) in [5.41, 5.74) is 2.05. The summed E-state index contributed by atoms with van der Waals surface area (Å²) in [5, 5.41) is 0. The second-order valence-electron chi connectivity index (χ2n) is 3.45. The highest BCUT2D eigenvalue weighted by atomic mass is 16.7. The second-order valence-corrected chi connectivity index (χ2v) is 3.45. The molecular weight excluding hydrogens is 192 g/mol. The first-order chi connectivity index (χ1) is 7.33. The van der Waals surface area contributed by atoms with Gasteiger partial charge in [-0.2, -0.15) is 0 Å². The Morgan fingerprint density at radius 3 is 2.93 bits per heavy atom. The topological polar surface area (TPSA) is 47.1 Å². The zero-order valence-corrected chi connectivity index (χ0v) is 8.28. The quantitative estimate of drug-likeness (QED) is 0.770. The number of ether oxygens (including phenoxy) is 2. The van der Waals surface area contributed by atoms with Gasteiger partial charge >= 0.3 is 0 Å². The third kappa shape index (κ3) is 1.34. The van der Waals surface area contributed by atoms with Crippen LogP contribution in [0.3, 0.4) is 0 Å². The predicted molar refractivity (Wildman–Crippen MR) is 54.9 cm³/mol. The van der Waals surface area contributed by atoms with Gasteiger partial charge in [-0.15, -0.1) is 0 Å². The molecule has 0 aliphatic carbocycles. The van der Waals surface area contributed by atoms with Gasteiger partial charge in [-0.3, -0.25) is 0 Å². The normalized spacial score (nSPS) is 13.1. The summed E-state index contributed by atoms with van der Waals surface area (Å²) in [6.45, 7) is 2.23. The Morgan fingerprint density at radius 2 is 2.13 bits per heavy atom. The zero-order valence-electron chi connectivity index (χ0n) is 8.28. The van der Waals surface area contributed by atoms with E-state index in [0.29, 0.717) is 6.79 Å². The van der Waals surface area contributed by atoms with Crippen LogP contribution in [0, 0.1) is 6.92 Å². The van der Waals surface area contributed by atoms with Gasteiger partial charge in [-0.05, 0) is 25.1 Å². The van der Waals surface area contributed by atoms with Crippen LogP contribution in [-0.2, 0) is 0 Å². The lowest BCUT2D eigenvalue weighted by molar-refractivity contribution is 0.174. The van der Waals surface area contributed by atoms with E-state index in [1.165, 1.54) is 0 Å². The van der Waals surface area contributed by atoms with Crippen molar-refractivity contribution in [3.8, 4) is 22.8 Å². The number of aromatic amines is 1. The lowest BCUT2D eigenvalue weighted by Gasteiger charge is -1.99. The van der Waals surface area contributed by atoms with Crippen LogP contribution in [0.4, 0.5) is 0 Å². The number of aromatic nitrogens is 2. The molecule has 0 spiro atoms. The minimum atomic E-state index is 0.306. The molecule has 4 heteroatoms. The van der Waals surface area contributed by atoms with Gasteiger partial charge < -0.3 is 14.5 Å². The van der Waals surface area contributed by atoms with Crippen LogP contribution in [0.15, 0.2) is 24.4 Å². The molecule has 0 bridgehead atoms. The van der Waals surface area contributed by atoms with E-state index in [1.807, 2.05) is 31.3 Å². The zero-order chi connectivity index (χ0) is 10.3. The standard InChI is InChI=1S/C11H10N2O2/c1-7-12-5-9(13-7)8-2-3-10-11(4-8)15-6-14-10/h2-5H,6H2,1H3,(H,12,13). The largest absolute Gasteiger partial charge is 0.454 e. The number of imidazole rings is 1. The van der Waals surface area contributed by atoms with Gasteiger partial charge in [0.25, 0.3) is 0 Å². The maximum atomic E-state index is 5.31. The Kier molecular flexibility index (Phi) is 1.68. The fraction of sp³-hybridized carbons (Fsp3) is 0.182. The minimum Gasteiger partial charge on any atom is -0.454 e. The summed E-state index contributed by atoms with van der Waals surface area (Å²) in [6.07, 6.45) is 1.81. The molecule has 0 amide bonds. The second kappa shape index (κ2) is 3.02. The van der Waals surface area contributed by atoms with Crippen molar-refractivity contribution in [1.82, 2.24) is 9.97 Å². The summed E-state index contributed by atoms with van der Waals surface area (Å²) in [4.78, 5) is 7.33. The van der Waals surface area contributed by atoms with Gasteiger partial charge in [0.05, 0.1) is 11.9 Å². The Balaban J connectivity index is 2.06. The van der Waals surface area contributed by atoms with Gasteiger partial charge in [0.2, 0.25) is 6.79 Å². The monoisotopic (exact) mass is 202 g/mol. The van der Waals surface area contributed by atoms with Crippen LogP contribution in [0.5, 0.6) is 11.5 Å². The van der Waals surface area contributed by atoms with Gasteiger partial charge in [0, 0.05) is 5.56 Å². The van der Waals surface area contributed by atoms with E-state index in [9.17, 15) is 0 Å². The van der Waals surface area contributed by atoms with Crippen molar-refractivity contribution in [2.75, 3.05) is 6.79 Å². The Bertz CT molecular complexity index is 505. The minimum absolute atomic E-state index is 0.306. The van der Waals surface area contributed by atoms with E-state index in [0.717, 1.165) is 28.6 Å². The average molecular weight is 202 g/mol. The van der Waals surface area contributed by atoms with E-state index >= 15 is 0 Å². The molecule has 4 nitrogen and oxygen atoms in total. The number of nitrogens with zero attached hydrogens (tertiary/aromatic N) is 1. The Morgan fingerprint density at radius 1 is 1.27 bits per heavy atom. The first kappa shape index (κ1) is 8.35. The molecule has 1 aliphatic rings. The molecule has 0 saturated carbocycles. The predicted octanol–water partition coefficient (Wildman–Crippen LogP) is 2.11. The van der Waals surface area contributed by atoms with Crippen molar-refractivity contribution < 1.29 is 9.47 Å². The van der Waals surface area contributed by atoms with E-state index in [2.05, 4.69) is 9.97 Å². The number of nitrogens with one attached hydrogen (secondary N) is 1. The first-order valence-corrected chi connectivity index (χ1v) is 4.74. The molecule has 1 aliphatic heterocycles. The molecule has 1 aromatic carbocycles. The molecule has 1 N–H and O–H groups in total. The highest BCUT2D eigenvalue weighted by Gasteiger charge is 2.14. The van der Waals surface area contributed by atoms with Gasteiger partial charge in [-0.1, -0.05) is 0 Å². The van der Waals surface area contributed by atoms with Crippen molar-refractivity contribution in [3.63, 3.8) is 0 Å². The maximum absolute atomic E-state index is 5.31. The van der Waals surface area contributed by atoms with Gasteiger partial charge in [-0.25, -0.2) is 4.98 Å². The van der Waals surface area contributed by atoms with Crippen LogP contribution in [-0.4, -0.2) is 16.8 Å². The van der Waals surface area contributed by atoms with Crippen molar-refractivity contribution in [1.29, 1.82) is 0 Å². The molecule has 2 heterocycles. The van der Waals surface area contributed by atoms with Crippen LogP contribution in [0.2, 0.25) is 0 Å². The summed E-state index contributed by atoms with van der Waals surface area (Å²) in [7, 11) is 0. The van der Waals surface area contributed by atoms with Crippen LogP contribution < -0.4 is 9.47 Å². The number of rotatable bonds is 1. The number of hydrogen-bond donors (Lipinski definition) is 1. The average Bonchev–Trinajstić information content (AvgIpc) is 2.84. The molecule has 0 saturated heterocycles. The SMILES string of the molecule is Cc1ncc(-c2ccc3c(c2)OCO3)[nH]1. The summed E-state index contributed by atoms with van der Waals surface area (Å²) >= 11 is 0. The molecule has 0 radical (unpaired) electrons. The molecule has 15 heavy (non-hydrogen) atoms. The third-order valence-electron chi connectivity index (χ3n) is 2.39. The van der Waals surface area contributed by atoms with E-state index in [4.69, 9.17) is 9.47 Å². The number of benzene rings is 1. The fourth-order valence-corrected chi connectivity index (χ4v) is 1.63. The molecule has 1 aromatic heterocycles. The summed E-state index contributed by atoms with van der Waals surface area (Å²) in [5.74, 6) is 2.50. The molecule has 76 valence electrons. The molecule has 0 atom stereocenters. The highest BCUT2D eigenvalue weighted by Crippen LogP contribution is 2.35. The molecule has 3 rings (SSSR count). The van der Waals surface area contributed by atoms with Gasteiger partial charge in [0.15, 0.2) is 11.5 Å². The molecular formula is C11H10N2O2.